The lowest BCUT2D eigenvalue weighted by atomic mass is 9.85. The lowest BCUT2D eigenvalue weighted by Crippen LogP contribution is -2.64. The lowest BCUT2D eigenvalue weighted by molar-refractivity contribution is -0.220. The van der Waals surface area contributed by atoms with E-state index in [-0.39, 0.29) is 13.0 Å². The number of aliphatic hydroxyl groups is 5. The summed E-state index contributed by atoms with van der Waals surface area (Å²) in [5.74, 6) is -0.560. The van der Waals surface area contributed by atoms with Crippen molar-refractivity contribution < 1.29 is 58.3 Å². The quantitative estimate of drug-likeness (QED) is 0.0150. The topological polar surface area (TPSA) is 192 Å². The number of allylic oxidation sites excluding steroid dienone is 12. The van der Waals surface area contributed by atoms with E-state index >= 15 is 0 Å². The Morgan fingerprint density at radius 3 is 1.50 bits per heavy atom. The van der Waals surface area contributed by atoms with Gasteiger partial charge in [-0.05, 0) is 70.6 Å². The van der Waals surface area contributed by atoms with Crippen LogP contribution in [0, 0.1) is 0 Å². The van der Waals surface area contributed by atoms with Gasteiger partial charge in [-0.2, -0.15) is 0 Å². The van der Waals surface area contributed by atoms with Crippen LogP contribution in [0.15, 0.2) is 72.9 Å². The summed E-state index contributed by atoms with van der Waals surface area (Å²) < 4.78 is 34.1. The van der Waals surface area contributed by atoms with Crippen LogP contribution in [0.1, 0.15) is 155 Å². The zero-order valence-electron chi connectivity index (χ0n) is 36.7. The molecule has 0 aromatic rings. The summed E-state index contributed by atoms with van der Waals surface area (Å²) in [4.78, 5) is 23.1. The largest absolute Gasteiger partial charge is 0.472 e. The maximum atomic E-state index is 12.8. The van der Waals surface area contributed by atoms with E-state index in [1.165, 1.54) is 64.2 Å². The van der Waals surface area contributed by atoms with E-state index in [1.807, 2.05) is 18.2 Å². The Morgan fingerprint density at radius 1 is 0.550 bits per heavy atom. The molecule has 0 aliphatic heterocycles. The minimum absolute atomic E-state index is 0.0608. The van der Waals surface area contributed by atoms with Gasteiger partial charge in [0.2, 0.25) is 0 Å². The predicted molar refractivity (Wildman–Crippen MR) is 239 cm³/mol. The van der Waals surface area contributed by atoms with Crippen molar-refractivity contribution in [1.29, 1.82) is 0 Å². The van der Waals surface area contributed by atoms with Gasteiger partial charge < -0.3 is 39.9 Å². The minimum Gasteiger partial charge on any atom is -0.457 e. The van der Waals surface area contributed by atoms with Crippen molar-refractivity contribution in [3.8, 4) is 0 Å². The number of phosphoric ester groups is 1. The van der Waals surface area contributed by atoms with E-state index in [2.05, 4.69) is 68.5 Å². The standard InChI is InChI=1S/C47H81O12P/c1-3-5-7-9-11-13-15-17-18-19-20-21-22-23-25-27-29-31-33-35-37-56-38-40(39-57-60(54,55)59-47-45(52)43(50)42(49)44(51)46(47)53)58-41(48)36-34-32-30-28-26-24-16-14-12-10-8-6-4-2/h6,8,11-14,17-18,24,26,30,32,40,42-47,49-53H,3-5,7,9-10,15-16,19-23,25,27-29,31,33-39H2,1-2H3,(H,54,55)/b8-6-,13-11-,14-12-,18-17-,26-24-,32-30-. The van der Waals surface area contributed by atoms with Crippen LogP contribution < -0.4 is 0 Å². The van der Waals surface area contributed by atoms with Crippen LogP contribution in [-0.2, 0) is 27.9 Å². The van der Waals surface area contributed by atoms with E-state index in [9.17, 15) is 39.8 Å². The number of esters is 1. The highest BCUT2D eigenvalue weighted by molar-refractivity contribution is 7.47. The van der Waals surface area contributed by atoms with Gasteiger partial charge in [0.25, 0.3) is 0 Å². The second-order valence-corrected chi connectivity index (χ2v) is 16.9. The van der Waals surface area contributed by atoms with Crippen LogP contribution in [0.5, 0.6) is 0 Å². The Balaban J connectivity index is 2.41. The van der Waals surface area contributed by atoms with Crippen molar-refractivity contribution in [1.82, 2.24) is 0 Å². The molecule has 1 aliphatic rings. The lowest BCUT2D eigenvalue weighted by Gasteiger charge is -2.41. The zero-order valence-corrected chi connectivity index (χ0v) is 37.6. The van der Waals surface area contributed by atoms with E-state index in [0.29, 0.717) is 13.0 Å². The summed E-state index contributed by atoms with van der Waals surface area (Å²) in [6.45, 7) is 4.01. The van der Waals surface area contributed by atoms with Gasteiger partial charge in [0.1, 0.15) is 42.7 Å². The van der Waals surface area contributed by atoms with E-state index in [0.717, 1.165) is 64.2 Å². The number of hydrogen-bond donors (Lipinski definition) is 6. The SMILES string of the molecule is CC/C=C\C/C=C\C/C=C\C/C=C\CCC(=O)OC(COCCCCCCCCCCCC/C=C\C/C=C\CCCCC)COP(=O)(O)OC1C(O)C(O)C(O)C(O)C1O. The first-order valence-corrected chi connectivity index (χ1v) is 24.3. The third kappa shape index (κ3) is 29.1. The Bertz CT molecular complexity index is 1260. The molecule has 346 valence electrons. The molecule has 1 rings (SSSR count). The first-order valence-electron chi connectivity index (χ1n) is 22.8. The number of carbonyl (C=O) groups is 1. The van der Waals surface area contributed by atoms with Gasteiger partial charge >= 0.3 is 13.8 Å². The monoisotopic (exact) mass is 869 g/mol. The molecular weight excluding hydrogens is 787 g/mol. The molecule has 12 nitrogen and oxygen atoms in total. The highest BCUT2D eigenvalue weighted by Gasteiger charge is 2.51. The predicted octanol–water partition coefficient (Wildman–Crippen LogP) is 9.19. The van der Waals surface area contributed by atoms with Gasteiger partial charge in [-0.3, -0.25) is 13.8 Å². The average molecular weight is 869 g/mol. The minimum atomic E-state index is -5.04. The number of carbonyl (C=O) groups excluding carboxylic acids is 1. The fraction of sp³-hybridized carbons (Fsp3) is 0.723. The van der Waals surface area contributed by atoms with Gasteiger partial charge in [0.15, 0.2) is 0 Å². The normalized spacial score (nSPS) is 23.0. The van der Waals surface area contributed by atoms with Gasteiger partial charge in [0, 0.05) is 13.0 Å². The molecule has 6 unspecified atom stereocenters. The molecule has 1 fully saturated rings. The number of aliphatic hydroxyl groups excluding tert-OH is 5. The molecule has 0 spiro atoms. The maximum Gasteiger partial charge on any atom is 0.472 e. The van der Waals surface area contributed by atoms with Gasteiger partial charge in [-0.25, -0.2) is 4.57 Å². The summed E-state index contributed by atoms with van der Waals surface area (Å²) in [5, 5.41) is 50.1. The molecule has 0 heterocycles. The van der Waals surface area contributed by atoms with E-state index in [1.54, 1.807) is 0 Å². The van der Waals surface area contributed by atoms with Gasteiger partial charge in [-0.1, -0.05) is 151 Å². The molecule has 0 saturated heterocycles. The highest BCUT2D eigenvalue weighted by atomic mass is 31.2. The molecule has 0 aromatic carbocycles. The van der Waals surface area contributed by atoms with Crippen molar-refractivity contribution in [2.24, 2.45) is 0 Å². The number of phosphoric acid groups is 1. The van der Waals surface area contributed by atoms with Crippen LogP contribution in [0.2, 0.25) is 0 Å². The van der Waals surface area contributed by atoms with Gasteiger partial charge in [0.05, 0.1) is 13.2 Å². The molecule has 1 aliphatic carbocycles. The Kier molecular flexibility index (Phi) is 34.7. The Hall–Kier alpha value is -2.22. The van der Waals surface area contributed by atoms with Crippen molar-refractivity contribution >= 4 is 13.8 Å². The highest BCUT2D eigenvalue weighted by Crippen LogP contribution is 2.47. The van der Waals surface area contributed by atoms with Gasteiger partial charge in [-0.15, -0.1) is 0 Å². The van der Waals surface area contributed by atoms with Crippen molar-refractivity contribution in [3.05, 3.63) is 72.9 Å². The maximum absolute atomic E-state index is 12.8. The molecule has 6 N–H and O–H groups in total. The second-order valence-electron chi connectivity index (χ2n) is 15.5. The smallest absolute Gasteiger partial charge is 0.457 e. The van der Waals surface area contributed by atoms with Crippen LogP contribution in [0.4, 0.5) is 0 Å². The molecule has 0 radical (unpaired) electrons. The summed E-state index contributed by atoms with van der Waals surface area (Å²) in [5.41, 5.74) is 0. The van der Waals surface area contributed by atoms with Crippen molar-refractivity contribution in [3.63, 3.8) is 0 Å². The molecule has 0 amide bonds. The number of ether oxygens (including phenoxy) is 2. The first kappa shape index (κ1) is 55.8. The fourth-order valence-electron chi connectivity index (χ4n) is 6.46. The summed E-state index contributed by atoms with van der Waals surface area (Å²) in [6.07, 6.45) is 35.6. The van der Waals surface area contributed by atoms with Crippen molar-refractivity contribution in [2.75, 3.05) is 19.8 Å². The van der Waals surface area contributed by atoms with Crippen LogP contribution in [-0.4, -0.2) is 98.9 Å². The number of rotatable bonds is 37. The molecule has 0 aromatic heterocycles. The van der Waals surface area contributed by atoms with Crippen molar-refractivity contribution in [2.45, 2.75) is 198 Å². The Morgan fingerprint density at radius 2 is 0.983 bits per heavy atom. The molecular formula is C47H81O12P. The number of unbranched alkanes of at least 4 members (excludes halogenated alkanes) is 13. The molecule has 1 saturated carbocycles. The summed E-state index contributed by atoms with van der Waals surface area (Å²) >= 11 is 0. The molecule has 13 heteroatoms. The first-order chi connectivity index (χ1) is 29.0. The Labute approximate surface area is 361 Å². The third-order valence-corrected chi connectivity index (χ3v) is 11.1. The molecule has 6 atom stereocenters. The van der Waals surface area contributed by atoms with Crippen LogP contribution in [0.3, 0.4) is 0 Å². The average Bonchev–Trinajstić information content (AvgIpc) is 3.23. The van der Waals surface area contributed by atoms with E-state index < -0.39 is 63.1 Å². The van der Waals surface area contributed by atoms with Crippen LogP contribution >= 0.6 is 7.82 Å². The summed E-state index contributed by atoms with van der Waals surface area (Å²) in [7, 11) is -5.04. The third-order valence-electron chi connectivity index (χ3n) is 10.1. The number of hydrogen-bond acceptors (Lipinski definition) is 11. The van der Waals surface area contributed by atoms with Crippen LogP contribution in [0.25, 0.3) is 0 Å². The van der Waals surface area contributed by atoms with E-state index in [4.69, 9.17) is 18.5 Å². The summed E-state index contributed by atoms with van der Waals surface area (Å²) in [6, 6.07) is 0. The zero-order chi connectivity index (χ0) is 44.1. The second kappa shape index (κ2) is 37.3. The molecule has 60 heavy (non-hydrogen) atoms. The fourth-order valence-corrected chi connectivity index (χ4v) is 7.43. The molecule has 0 bridgehead atoms.